The molecule has 0 aromatic heterocycles. The summed E-state index contributed by atoms with van der Waals surface area (Å²) >= 11 is 0. The van der Waals surface area contributed by atoms with Gasteiger partial charge in [0.1, 0.15) is 18.3 Å². The maximum Gasteiger partial charge on any atom is 0.308 e. The lowest BCUT2D eigenvalue weighted by Gasteiger charge is -2.48. The monoisotopic (exact) mass is 484 g/mol. The van der Waals surface area contributed by atoms with Crippen molar-refractivity contribution in [2.75, 3.05) is 13.7 Å². The van der Waals surface area contributed by atoms with Crippen LogP contribution in [-0.4, -0.2) is 75.8 Å². The van der Waals surface area contributed by atoms with Gasteiger partial charge < -0.3 is 28.5 Å². The average molecular weight is 485 g/mol. The number of carbonyl (C=O) groups excluding carboxylic acids is 1. The highest BCUT2D eigenvalue weighted by atomic mass is 28.4. The van der Waals surface area contributed by atoms with Crippen molar-refractivity contribution in [1.29, 1.82) is 0 Å². The van der Waals surface area contributed by atoms with E-state index >= 15 is 0 Å². The van der Waals surface area contributed by atoms with Gasteiger partial charge >= 0.3 is 5.97 Å². The van der Waals surface area contributed by atoms with E-state index in [-0.39, 0.29) is 36.8 Å². The van der Waals surface area contributed by atoms with Crippen LogP contribution >= 0.6 is 0 Å². The number of methoxy groups -OCH3 is 1. The molecular weight excluding hydrogens is 440 g/mol. The molecule has 0 aromatic carbocycles. The fraction of sp³-hybridized carbons (Fsp3) is 0.880. The molecule has 0 amide bonds. The average Bonchev–Trinajstić information content (AvgIpc) is 2.96. The Morgan fingerprint density at radius 2 is 1.64 bits per heavy atom. The molecule has 3 aliphatic heterocycles. The molecule has 0 aromatic rings. The number of fused-ring (bicyclic) bond motifs is 2. The molecule has 2 fully saturated rings. The van der Waals surface area contributed by atoms with Crippen LogP contribution in [0.5, 0.6) is 0 Å². The second kappa shape index (κ2) is 11.3. The standard InChI is InChI=1S/C25H44O7Si/c1-15(2)33(16(3)4,17(5)6)29-14-19-9-8-10-20-24(31-19)23(27)25-21(32-20)12-11-18(30-25)13-22(26)28-7/h8-9,15-21,23-25,27H,10-14H2,1-7H3/t18-,19+,20-,21+,23+,24-,25+/m0/s1. The Balaban J connectivity index is 1.68. The summed E-state index contributed by atoms with van der Waals surface area (Å²) in [6, 6.07) is 0. The Hall–Kier alpha value is -0.773. The van der Waals surface area contributed by atoms with E-state index < -0.39 is 26.6 Å². The van der Waals surface area contributed by atoms with E-state index in [1.54, 1.807) is 0 Å². The summed E-state index contributed by atoms with van der Waals surface area (Å²) in [5.41, 5.74) is 1.48. The third-order valence-electron chi connectivity index (χ3n) is 7.76. The molecule has 0 saturated carbocycles. The molecular formula is C25H44O7Si. The van der Waals surface area contributed by atoms with Crippen LogP contribution in [0.25, 0.3) is 0 Å². The van der Waals surface area contributed by atoms with Gasteiger partial charge in [0.25, 0.3) is 0 Å². The molecule has 8 heteroatoms. The van der Waals surface area contributed by atoms with E-state index in [0.29, 0.717) is 36.1 Å². The Labute approximate surface area is 200 Å². The molecule has 0 aliphatic carbocycles. The molecule has 0 bridgehead atoms. The van der Waals surface area contributed by atoms with Crippen molar-refractivity contribution in [2.24, 2.45) is 0 Å². The molecule has 7 atom stereocenters. The van der Waals surface area contributed by atoms with Gasteiger partial charge in [0.15, 0.2) is 8.32 Å². The Kier molecular flexibility index (Phi) is 9.19. The van der Waals surface area contributed by atoms with Gasteiger partial charge in [0.2, 0.25) is 0 Å². The van der Waals surface area contributed by atoms with Crippen molar-refractivity contribution >= 4 is 14.3 Å². The van der Waals surface area contributed by atoms with Crippen LogP contribution in [0.15, 0.2) is 12.2 Å². The molecule has 7 nitrogen and oxygen atoms in total. The van der Waals surface area contributed by atoms with Crippen LogP contribution in [0.3, 0.4) is 0 Å². The van der Waals surface area contributed by atoms with Crippen molar-refractivity contribution < 1.29 is 33.3 Å². The Morgan fingerprint density at radius 3 is 2.24 bits per heavy atom. The zero-order valence-electron chi connectivity index (χ0n) is 21.4. The maximum absolute atomic E-state index is 11.7. The van der Waals surface area contributed by atoms with Crippen molar-refractivity contribution in [3.8, 4) is 0 Å². The van der Waals surface area contributed by atoms with Gasteiger partial charge in [0, 0.05) is 0 Å². The second-order valence-electron chi connectivity index (χ2n) is 10.7. The minimum atomic E-state index is -2.02. The first kappa shape index (κ1) is 26.8. The van der Waals surface area contributed by atoms with E-state index in [4.69, 9.17) is 23.4 Å². The summed E-state index contributed by atoms with van der Waals surface area (Å²) < 4.78 is 30.4. The zero-order valence-corrected chi connectivity index (χ0v) is 22.4. The molecule has 190 valence electrons. The van der Waals surface area contributed by atoms with E-state index in [2.05, 4.69) is 53.7 Å². The number of rotatable bonds is 8. The normalized spacial score (nSPS) is 34.8. The highest BCUT2D eigenvalue weighted by Gasteiger charge is 2.50. The van der Waals surface area contributed by atoms with Gasteiger partial charge in [0.05, 0.1) is 44.6 Å². The number of carbonyl (C=O) groups is 1. The minimum absolute atomic E-state index is 0.186. The van der Waals surface area contributed by atoms with Gasteiger partial charge in [-0.1, -0.05) is 53.7 Å². The number of hydrogen-bond donors (Lipinski definition) is 1. The van der Waals surface area contributed by atoms with Crippen LogP contribution in [0, 0.1) is 0 Å². The van der Waals surface area contributed by atoms with Crippen LogP contribution in [0.4, 0.5) is 0 Å². The molecule has 33 heavy (non-hydrogen) atoms. The predicted molar refractivity (Wildman–Crippen MR) is 129 cm³/mol. The fourth-order valence-electron chi connectivity index (χ4n) is 6.26. The molecule has 0 spiro atoms. The van der Waals surface area contributed by atoms with Crippen molar-refractivity contribution in [2.45, 2.75) is 127 Å². The second-order valence-corrected chi connectivity index (χ2v) is 16.2. The highest BCUT2D eigenvalue weighted by Crippen LogP contribution is 2.43. The summed E-state index contributed by atoms with van der Waals surface area (Å²) in [5.74, 6) is -0.303. The third kappa shape index (κ3) is 5.73. The van der Waals surface area contributed by atoms with Crippen molar-refractivity contribution in [1.82, 2.24) is 0 Å². The smallest absolute Gasteiger partial charge is 0.308 e. The lowest BCUT2D eigenvalue weighted by molar-refractivity contribution is -0.275. The lowest BCUT2D eigenvalue weighted by atomic mass is 9.88. The summed E-state index contributed by atoms with van der Waals surface area (Å²) in [7, 11) is -0.645. The third-order valence-corrected chi connectivity index (χ3v) is 13.8. The van der Waals surface area contributed by atoms with E-state index in [1.165, 1.54) is 7.11 Å². The van der Waals surface area contributed by atoms with Crippen LogP contribution < -0.4 is 0 Å². The van der Waals surface area contributed by atoms with Gasteiger partial charge in [-0.3, -0.25) is 4.79 Å². The van der Waals surface area contributed by atoms with Crippen LogP contribution in [0.1, 0.15) is 67.2 Å². The SMILES string of the molecule is COC(=O)C[C@@H]1CC[C@H]2O[C@H]3CC=C[C@H](CO[Si](C(C)C)(C(C)C)C(C)C)O[C@@H]3[C@@H](O)[C@@H]2O1. The maximum atomic E-state index is 11.7. The minimum Gasteiger partial charge on any atom is -0.469 e. The highest BCUT2D eigenvalue weighted by molar-refractivity contribution is 6.77. The largest absolute Gasteiger partial charge is 0.469 e. The van der Waals surface area contributed by atoms with Gasteiger partial charge in [-0.2, -0.15) is 0 Å². The first-order valence-electron chi connectivity index (χ1n) is 12.6. The number of aliphatic hydroxyl groups is 1. The summed E-state index contributed by atoms with van der Waals surface area (Å²) in [6.45, 7) is 14.1. The van der Waals surface area contributed by atoms with Crippen molar-refractivity contribution in [3.05, 3.63) is 12.2 Å². The molecule has 2 saturated heterocycles. The number of hydrogen-bond acceptors (Lipinski definition) is 7. The summed E-state index contributed by atoms with van der Waals surface area (Å²) in [6.07, 6.45) is 3.72. The van der Waals surface area contributed by atoms with E-state index in [0.717, 1.165) is 6.42 Å². The quantitative estimate of drug-likeness (QED) is 0.315. The van der Waals surface area contributed by atoms with Gasteiger partial charge in [-0.25, -0.2) is 0 Å². The molecule has 3 aliphatic rings. The molecule has 0 unspecified atom stereocenters. The lowest BCUT2D eigenvalue weighted by Crippen LogP contribution is -2.62. The van der Waals surface area contributed by atoms with Gasteiger partial charge in [-0.05, 0) is 35.9 Å². The number of aliphatic hydroxyl groups excluding tert-OH is 1. The molecule has 0 radical (unpaired) electrons. The molecule has 1 N–H and O–H groups in total. The number of esters is 1. The zero-order chi connectivity index (χ0) is 24.3. The Bertz CT molecular complexity index is 658. The first-order valence-corrected chi connectivity index (χ1v) is 14.8. The van der Waals surface area contributed by atoms with E-state index in [1.807, 2.05) is 0 Å². The van der Waals surface area contributed by atoms with Gasteiger partial charge in [-0.15, -0.1) is 0 Å². The summed E-state index contributed by atoms with van der Waals surface area (Å²) in [4.78, 5) is 11.7. The topological polar surface area (TPSA) is 83.5 Å². The Morgan fingerprint density at radius 1 is 1.00 bits per heavy atom. The van der Waals surface area contributed by atoms with E-state index in [9.17, 15) is 9.90 Å². The first-order chi connectivity index (χ1) is 15.6. The van der Waals surface area contributed by atoms with Crippen LogP contribution in [-0.2, 0) is 28.2 Å². The summed E-state index contributed by atoms with van der Waals surface area (Å²) in [5, 5.41) is 11.2. The fourth-order valence-corrected chi connectivity index (χ4v) is 11.7. The predicted octanol–water partition coefficient (Wildman–Crippen LogP) is 4.13. The number of ether oxygens (including phenoxy) is 4. The molecule has 3 rings (SSSR count). The van der Waals surface area contributed by atoms with Crippen LogP contribution in [0.2, 0.25) is 16.6 Å². The molecule has 3 heterocycles. The van der Waals surface area contributed by atoms with Crippen molar-refractivity contribution in [3.63, 3.8) is 0 Å².